The van der Waals surface area contributed by atoms with Crippen LogP contribution in [0.25, 0.3) is 0 Å². The molecule has 5 nitrogen and oxygen atoms in total. The maximum Gasteiger partial charge on any atom is 0.415 e. The van der Waals surface area contributed by atoms with E-state index in [1.54, 1.807) is 4.90 Å². The van der Waals surface area contributed by atoms with Crippen LogP contribution in [0.1, 0.15) is 6.42 Å². The molecule has 18 heavy (non-hydrogen) atoms. The number of aliphatic hydroxyl groups is 1. The Morgan fingerprint density at radius 3 is 2.28 bits per heavy atom. The number of halogens is 3. The highest BCUT2D eigenvalue weighted by Gasteiger charge is 2.39. The predicted molar refractivity (Wildman–Crippen MR) is 57.2 cm³/mol. The number of nitrogens with zero attached hydrogens (tertiary/aromatic N) is 2. The topological polar surface area (TPSA) is 64.0 Å². The van der Waals surface area contributed by atoms with Crippen LogP contribution in [0.4, 0.5) is 13.2 Å². The first kappa shape index (κ1) is 15.2. The molecule has 0 aromatic carbocycles. The summed E-state index contributed by atoms with van der Waals surface area (Å²) in [5.74, 6) is -0.946. The number of alkyl halides is 3. The van der Waals surface area contributed by atoms with Crippen LogP contribution in [-0.4, -0.2) is 77.5 Å². The smallest absolute Gasteiger partial charge is 0.415 e. The highest BCUT2D eigenvalue weighted by molar-refractivity contribution is 5.69. The van der Waals surface area contributed by atoms with Crippen LogP contribution in [-0.2, 0) is 4.79 Å². The highest BCUT2D eigenvalue weighted by Crippen LogP contribution is 2.21. The molecule has 0 aliphatic carbocycles. The normalized spacial score (nSPS) is 21.6. The lowest BCUT2D eigenvalue weighted by Crippen LogP contribution is -2.42. The van der Waals surface area contributed by atoms with Gasteiger partial charge in [-0.2, -0.15) is 13.2 Å². The average Bonchev–Trinajstić information content (AvgIpc) is 2.42. The largest absolute Gasteiger partial charge is 0.480 e. The molecule has 0 amide bonds. The summed E-state index contributed by atoms with van der Waals surface area (Å²) in [4.78, 5) is 13.7. The van der Waals surface area contributed by atoms with Crippen LogP contribution >= 0.6 is 0 Å². The number of rotatable bonds is 4. The average molecular weight is 270 g/mol. The van der Waals surface area contributed by atoms with Gasteiger partial charge in [0.15, 0.2) is 6.10 Å². The van der Waals surface area contributed by atoms with E-state index in [2.05, 4.69) is 0 Å². The minimum absolute atomic E-state index is 0.102. The van der Waals surface area contributed by atoms with Crippen LogP contribution < -0.4 is 0 Å². The Labute approximate surface area is 103 Å². The minimum Gasteiger partial charge on any atom is -0.480 e. The molecule has 8 heteroatoms. The third kappa shape index (κ3) is 5.19. The Morgan fingerprint density at radius 1 is 1.17 bits per heavy atom. The van der Waals surface area contributed by atoms with Gasteiger partial charge in [-0.1, -0.05) is 0 Å². The zero-order valence-electron chi connectivity index (χ0n) is 9.86. The summed E-state index contributed by atoms with van der Waals surface area (Å²) in [6.45, 7) is 1.16. The molecule has 1 atom stereocenters. The van der Waals surface area contributed by atoms with Gasteiger partial charge in [0.2, 0.25) is 0 Å². The Hall–Kier alpha value is -0.860. The second-order valence-electron chi connectivity index (χ2n) is 4.38. The SMILES string of the molecule is O=C(O)CN1CCCN(CC(O)C(F)(F)F)CC1. The molecule has 0 saturated carbocycles. The van der Waals surface area contributed by atoms with Crippen molar-refractivity contribution in [3.63, 3.8) is 0 Å². The lowest BCUT2D eigenvalue weighted by molar-refractivity contribution is -0.208. The van der Waals surface area contributed by atoms with Crippen molar-refractivity contribution in [2.24, 2.45) is 0 Å². The van der Waals surface area contributed by atoms with Gasteiger partial charge in [-0.25, -0.2) is 0 Å². The maximum atomic E-state index is 12.2. The highest BCUT2D eigenvalue weighted by atomic mass is 19.4. The number of carboxylic acid groups (broad SMARTS) is 1. The van der Waals surface area contributed by atoms with Crippen molar-refractivity contribution in [1.82, 2.24) is 9.80 Å². The maximum absolute atomic E-state index is 12.2. The molecular weight excluding hydrogens is 253 g/mol. The van der Waals surface area contributed by atoms with E-state index in [4.69, 9.17) is 10.2 Å². The van der Waals surface area contributed by atoms with E-state index >= 15 is 0 Å². The van der Waals surface area contributed by atoms with E-state index in [-0.39, 0.29) is 6.54 Å². The third-order valence-corrected chi connectivity index (χ3v) is 2.85. The van der Waals surface area contributed by atoms with Crippen LogP contribution in [0.2, 0.25) is 0 Å². The summed E-state index contributed by atoms with van der Waals surface area (Å²) in [5.41, 5.74) is 0. The number of hydrogen-bond acceptors (Lipinski definition) is 4. The fourth-order valence-electron chi connectivity index (χ4n) is 1.90. The second-order valence-corrected chi connectivity index (χ2v) is 4.38. The van der Waals surface area contributed by atoms with Crippen LogP contribution in [0.5, 0.6) is 0 Å². The first-order valence-electron chi connectivity index (χ1n) is 5.70. The molecule has 1 aliphatic rings. The molecule has 0 spiro atoms. The van der Waals surface area contributed by atoms with Gasteiger partial charge in [-0.15, -0.1) is 0 Å². The van der Waals surface area contributed by atoms with Crippen LogP contribution in [0.3, 0.4) is 0 Å². The third-order valence-electron chi connectivity index (χ3n) is 2.85. The number of aliphatic hydroxyl groups excluding tert-OH is 1. The van der Waals surface area contributed by atoms with Gasteiger partial charge >= 0.3 is 12.1 Å². The van der Waals surface area contributed by atoms with Gasteiger partial charge in [0, 0.05) is 26.2 Å². The van der Waals surface area contributed by atoms with Crippen molar-refractivity contribution in [3.8, 4) is 0 Å². The molecular formula is C10H17F3N2O3. The summed E-state index contributed by atoms with van der Waals surface area (Å²) in [7, 11) is 0. The lowest BCUT2D eigenvalue weighted by Gasteiger charge is -2.24. The van der Waals surface area contributed by atoms with Gasteiger partial charge in [0.1, 0.15) is 0 Å². The molecule has 0 aromatic heterocycles. The minimum atomic E-state index is -4.60. The monoisotopic (exact) mass is 270 g/mol. The van der Waals surface area contributed by atoms with E-state index < -0.39 is 24.8 Å². The summed E-state index contributed by atoms with van der Waals surface area (Å²) < 4.78 is 36.6. The molecule has 0 radical (unpaired) electrons. The van der Waals surface area contributed by atoms with Crippen molar-refractivity contribution in [2.75, 3.05) is 39.3 Å². The van der Waals surface area contributed by atoms with E-state index in [1.807, 2.05) is 0 Å². The van der Waals surface area contributed by atoms with Crippen LogP contribution in [0.15, 0.2) is 0 Å². The fourth-order valence-corrected chi connectivity index (χ4v) is 1.90. The quantitative estimate of drug-likeness (QED) is 0.753. The van der Waals surface area contributed by atoms with E-state index in [1.165, 1.54) is 4.90 Å². The number of β-amino-alcohol motifs (C(OH)–C–C–N with tert-alkyl or cyclic N) is 1. The molecule has 1 fully saturated rings. The van der Waals surface area contributed by atoms with Crippen molar-refractivity contribution in [3.05, 3.63) is 0 Å². The molecule has 0 aromatic rings. The van der Waals surface area contributed by atoms with Gasteiger partial charge in [0.05, 0.1) is 6.54 Å². The van der Waals surface area contributed by atoms with Gasteiger partial charge in [0.25, 0.3) is 0 Å². The molecule has 1 heterocycles. The molecule has 1 unspecified atom stereocenters. The zero-order valence-corrected chi connectivity index (χ0v) is 9.86. The number of carbonyl (C=O) groups is 1. The molecule has 2 N–H and O–H groups in total. The van der Waals surface area contributed by atoms with Gasteiger partial charge in [-0.05, 0) is 13.0 Å². The summed E-state index contributed by atoms with van der Waals surface area (Å²) in [6, 6.07) is 0. The Morgan fingerprint density at radius 2 is 1.72 bits per heavy atom. The van der Waals surface area contributed by atoms with Crippen molar-refractivity contribution in [2.45, 2.75) is 18.7 Å². The summed E-state index contributed by atoms with van der Waals surface area (Å²) >= 11 is 0. The second kappa shape index (κ2) is 6.35. The van der Waals surface area contributed by atoms with E-state index in [0.29, 0.717) is 32.6 Å². The van der Waals surface area contributed by atoms with Gasteiger partial charge < -0.3 is 10.2 Å². The van der Waals surface area contributed by atoms with Crippen molar-refractivity contribution >= 4 is 5.97 Å². The summed E-state index contributed by atoms with van der Waals surface area (Å²) in [6.07, 6.45) is -6.35. The standard InChI is InChI=1S/C10H17F3N2O3/c11-10(12,13)8(16)6-14-2-1-3-15(5-4-14)7-9(17)18/h8,16H,1-7H2,(H,17,18). The first-order chi connectivity index (χ1) is 8.29. The Balaban J connectivity index is 2.40. The van der Waals surface area contributed by atoms with Crippen molar-refractivity contribution < 1.29 is 28.2 Å². The molecule has 1 saturated heterocycles. The first-order valence-corrected chi connectivity index (χ1v) is 5.70. The summed E-state index contributed by atoms with van der Waals surface area (Å²) in [5, 5.41) is 17.6. The number of carboxylic acids is 1. The molecule has 0 bridgehead atoms. The molecule has 1 rings (SSSR count). The zero-order chi connectivity index (χ0) is 13.8. The fraction of sp³-hybridized carbons (Fsp3) is 0.900. The van der Waals surface area contributed by atoms with Crippen molar-refractivity contribution in [1.29, 1.82) is 0 Å². The Kier molecular flexibility index (Phi) is 5.36. The van der Waals surface area contributed by atoms with Gasteiger partial charge in [-0.3, -0.25) is 14.6 Å². The molecule has 106 valence electrons. The molecule has 1 aliphatic heterocycles. The lowest BCUT2D eigenvalue weighted by atomic mass is 10.3. The van der Waals surface area contributed by atoms with E-state index in [0.717, 1.165) is 0 Å². The number of hydrogen-bond donors (Lipinski definition) is 2. The van der Waals surface area contributed by atoms with Crippen LogP contribution in [0, 0.1) is 0 Å². The predicted octanol–water partition coefficient (Wildman–Crippen LogP) is 0.00190. The van der Waals surface area contributed by atoms with E-state index in [9.17, 15) is 18.0 Å². The number of aliphatic carboxylic acids is 1. The Bertz CT molecular complexity index is 286.